The minimum atomic E-state index is 0.244. The van der Waals surface area contributed by atoms with Crippen LogP contribution in [0.3, 0.4) is 0 Å². The van der Waals surface area contributed by atoms with Crippen LogP contribution in [0.1, 0.15) is 53.9 Å². The van der Waals surface area contributed by atoms with Gasteiger partial charge in [-0.05, 0) is 37.9 Å². The molecule has 1 unspecified atom stereocenters. The summed E-state index contributed by atoms with van der Waals surface area (Å²) in [6.07, 6.45) is 7.28. The molecule has 0 spiro atoms. The van der Waals surface area contributed by atoms with Crippen LogP contribution in [-0.4, -0.2) is 30.3 Å². The average molecular weight is 253 g/mol. The smallest absolute Gasteiger partial charge is 0.159 e. The van der Waals surface area contributed by atoms with E-state index in [0.29, 0.717) is 11.7 Å². The zero-order valence-corrected chi connectivity index (χ0v) is 12.9. The number of hydrogen-bond donors (Lipinski definition) is 0. The third kappa shape index (κ3) is 7.65. The highest BCUT2D eigenvalue weighted by Gasteiger charge is 2.22. The molecule has 106 valence electrons. The summed E-state index contributed by atoms with van der Waals surface area (Å²) in [7, 11) is 0. The molecule has 0 saturated carbocycles. The Morgan fingerprint density at radius 2 is 1.94 bits per heavy atom. The summed E-state index contributed by atoms with van der Waals surface area (Å²) in [5.74, 6) is 1.04. The number of ketones is 1. The van der Waals surface area contributed by atoms with Crippen LogP contribution in [0.2, 0.25) is 0 Å². The molecule has 0 aromatic carbocycles. The van der Waals surface area contributed by atoms with Gasteiger partial charge in [0.05, 0.1) is 0 Å². The van der Waals surface area contributed by atoms with Gasteiger partial charge in [0.1, 0.15) is 0 Å². The molecule has 0 aliphatic carbocycles. The summed E-state index contributed by atoms with van der Waals surface area (Å²) in [6.45, 7) is 13.8. The van der Waals surface area contributed by atoms with Crippen molar-refractivity contribution in [2.75, 3.05) is 19.6 Å². The maximum Gasteiger partial charge on any atom is 0.159 e. The van der Waals surface area contributed by atoms with Crippen LogP contribution in [0.5, 0.6) is 0 Å². The van der Waals surface area contributed by atoms with E-state index < -0.39 is 0 Å². The van der Waals surface area contributed by atoms with E-state index in [1.54, 1.807) is 6.08 Å². The Morgan fingerprint density at radius 1 is 1.33 bits per heavy atom. The van der Waals surface area contributed by atoms with Gasteiger partial charge < -0.3 is 4.90 Å². The minimum Gasteiger partial charge on any atom is -0.303 e. The second kappa shape index (κ2) is 10.3. The quantitative estimate of drug-likeness (QED) is 0.708. The Bertz CT molecular complexity index is 245. The maximum atomic E-state index is 11.9. The van der Waals surface area contributed by atoms with E-state index in [-0.39, 0.29) is 5.92 Å². The summed E-state index contributed by atoms with van der Waals surface area (Å²) in [5.41, 5.74) is 0. The molecule has 1 saturated heterocycles. The normalized spacial score (nSPS) is 20.9. The molecule has 18 heavy (non-hydrogen) atoms. The van der Waals surface area contributed by atoms with E-state index in [9.17, 15) is 4.79 Å². The van der Waals surface area contributed by atoms with Crippen molar-refractivity contribution in [3.05, 3.63) is 12.2 Å². The second-order valence-electron chi connectivity index (χ2n) is 5.44. The first kappa shape index (κ1) is 17.4. The van der Waals surface area contributed by atoms with Crippen molar-refractivity contribution in [3.63, 3.8) is 0 Å². The van der Waals surface area contributed by atoms with E-state index in [1.165, 1.54) is 12.8 Å². The molecule has 1 heterocycles. The second-order valence-corrected chi connectivity index (χ2v) is 5.44. The minimum absolute atomic E-state index is 0.244. The van der Waals surface area contributed by atoms with Crippen molar-refractivity contribution in [1.82, 2.24) is 4.90 Å². The van der Waals surface area contributed by atoms with Gasteiger partial charge in [-0.25, -0.2) is 0 Å². The first-order chi connectivity index (χ1) is 8.54. The average Bonchev–Trinajstić information content (AvgIpc) is 2.37. The van der Waals surface area contributed by atoms with E-state index in [0.717, 1.165) is 26.1 Å². The summed E-state index contributed by atoms with van der Waals surface area (Å²) in [6, 6.07) is 0. The molecule has 0 bridgehead atoms. The first-order valence-electron chi connectivity index (χ1n) is 7.49. The lowest BCUT2D eigenvalue weighted by molar-refractivity contribution is -0.119. The van der Waals surface area contributed by atoms with Gasteiger partial charge >= 0.3 is 0 Å². The maximum absolute atomic E-state index is 11.9. The molecule has 1 rings (SSSR count). The lowest BCUT2D eigenvalue weighted by Gasteiger charge is -2.30. The number of nitrogens with zero attached hydrogens (tertiary/aromatic N) is 1. The lowest BCUT2D eigenvalue weighted by atomic mass is 9.93. The van der Waals surface area contributed by atoms with Crippen molar-refractivity contribution in [1.29, 1.82) is 0 Å². The van der Waals surface area contributed by atoms with Gasteiger partial charge in [-0.1, -0.05) is 47.1 Å². The van der Waals surface area contributed by atoms with Crippen LogP contribution in [0.15, 0.2) is 12.2 Å². The Kier molecular flexibility index (Phi) is 9.95. The third-order valence-corrected chi connectivity index (χ3v) is 3.00. The molecule has 0 aromatic heterocycles. The fraction of sp³-hybridized carbons (Fsp3) is 0.812. The third-order valence-electron chi connectivity index (χ3n) is 3.00. The number of carbonyl (C=O) groups is 1. The molecule has 1 aliphatic rings. The predicted octanol–water partition coefficient (Wildman–Crippen LogP) is 3.92. The van der Waals surface area contributed by atoms with E-state index >= 15 is 0 Å². The van der Waals surface area contributed by atoms with Crippen LogP contribution in [0, 0.1) is 11.8 Å². The summed E-state index contributed by atoms with van der Waals surface area (Å²) >= 11 is 0. The molecule has 0 aromatic rings. The number of hydrogen-bond acceptors (Lipinski definition) is 2. The van der Waals surface area contributed by atoms with Gasteiger partial charge in [0.15, 0.2) is 5.78 Å². The monoisotopic (exact) mass is 253 g/mol. The Labute approximate surface area is 113 Å². The van der Waals surface area contributed by atoms with Gasteiger partial charge in [0.25, 0.3) is 0 Å². The zero-order chi connectivity index (χ0) is 14.0. The van der Waals surface area contributed by atoms with E-state index in [2.05, 4.69) is 39.5 Å². The Hall–Kier alpha value is -0.630. The fourth-order valence-electron chi connectivity index (χ4n) is 2.00. The zero-order valence-electron chi connectivity index (χ0n) is 12.9. The molecule has 0 radical (unpaired) electrons. The number of rotatable bonds is 4. The molecule has 2 nitrogen and oxygen atoms in total. The van der Waals surface area contributed by atoms with Gasteiger partial charge in [0, 0.05) is 12.5 Å². The van der Waals surface area contributed by atoms with Gasteiger partial charge in [-0.15, -0.1) is 0 Å². The molecule has 2 heteroatoms. The molecule has 1 atom stereocenters. The van der Waals surface area contributed by atoms with Crippen LogP contribution >= 0.6 is 0 Å². The van der Waals surface area contributed by atoms with Crippen molar-refractivity contribution < 1.29 is 4.79 Å². The number of likely N-dealkylation sites (tertiary alicyclic amines) is 1. The molecular weight excluding hydrogens is 222 g/mol. The lowest BCUT2D eigenvalue weighted by Crippen LogP contribution is -2.38. The standard InChI is InChI=1S/C13H23NO.C3H8/c1-4-14-9-5-6-12(10-14)13(15)8-7-11(2)3;1-3-2/h7-8,11-12H,4-6,9-10H2,1-3H3;3H2,1-2H3/b8-7+;. The van der Waals surface area contributed by atoms with Gasteiger partial charge in [-0.3, -0.25) is 4.79 Å². The molecule has 0 amide bonds. The topological polar surface area (TPSA) is 20.3 Å². The number of piperidine rings is 1. The highest BCUT2D eigenvalue weighted by molar-refractivity contribution is 5.91. The first-order valence-corrected chi connectivity index (χ1v) is 7.49. The number of allylic oxidation sites excluding steroid dienone is 2. The highest BCUT2D eigenvalue weighted by atomic mass is 16.1. The Balaban J connectivity index is 0.000000873. The summed E-state index contributed by atoms with van der Waals surface area (Å²) < 4.78 is 0. The van der Waals surface area contributed by atoms with E-state index in [1.807, 2.05) is 6.08 Å². The summed E-state index contributed by atoms with van der Waals surface area (Å²) in [5, 5.41) is 0. The fourth-order valence-corrected chi connectivity index (χ4v) is 2.00. The van der Waals surface area contributed by atoms with Gasteiger partial charge in [0.2, 0.25) is 0 Å². The number of carbonyl (C=O) groups excluding carboxylic acids is 1. The van der Waals surface area contributed by atoms with Crippen molar-refractivity contribution in [2.24, 2.45) is 11.8 Å². The molecular formula is C16H31NO. The van der Waals surface area contributed by atoms with Gasteiger partial charge in [-0.2, -0.15) is 0 Å². The van der Waals surface area contributed by atoms with Crippen LogP contribution < -0.4 is 0 Å². The highest BCUT2D eigenvalue weighted by Crippen LogP contribution is 2.17. The molecule has 1 aliphatic heterocycles. The van der Waals surface area contributed by atoms with Crippen LogP contribution in [-0.2, 0) is 4.79 Å². The van der Waals surface area contributed by atoms with Crippen LogP contribution in [0.4, 0.5) is 0 Å². The van der Waals surface area contributed by atoms with Crippen LogP contribution in [0.25, 0.3) is 0 Å². The van der Waals surface area contributed by atoms with Crippen molar-refractivity contribution >= 4 is 5.78 Å². The Morgan fingerprint density at radius 3 is 2.44 bits per heavy atom. The summed E-state index contributed by atoms with van der Waals surface area (Å²) in [4.78, 5) is 14.2. The SMILES string of the molecule is CCC.CCN1CCCC(C(=O)/C=C/C(C)C)C1. The van der Waals surface area contributed by atoms with E-state index in [4.69, 9.17) is 0 Å². The predicted molar refractivity (Wildman–Crippen MR) is 79.8 cm³/mol. The largest absolute Gasteiger partial charge is 0.303 e. The molecule has 1 fully saturated rings. The molecule has 0 N–H and O–H groups in total. The van der Waals surface area contributed by atoms with Crippen molar-refractivity contribution in [2.45, 2.75) is 53.9 Å². The van der Waals surface area contributed by atoms with Crippen molar-refractivity contribution in [3.8, 4) is 0 Å².